The Labute approximate surface area is 170 Å². The average molecular weight is 416 g/mol. The quantitative estimate of drug-likeness (QED) is 0.522. The van der Waals surface area contributed by atoms with Crippen molar-refractivity contribution in [1.82, 2.24) is 0 Å². The van der Waals surface area contributed by atoms with E-state index in [4.69, 9.17) is 20.3 Å². The molecule has 0 amide bonds. The van der Waals surface area contributed by atoms with Crippen molar-refractivity contribution in [2.45, 2.75) is 39.7 Å². The van der Waals surface area contributed by atoms with Crippen LogP contribution in [-0.2, 0) is 58.4 Å². The zero-order valence-corrected chi connectivity index (χ0v) is 17.7. The molecular weight excluding hydrogens is 387 g/mol. The first-order chi connectivity index (χ1) is 11.1. The third-order valence-electron chi connectivity index (χ3n) is 2.20. The van der Waals surface area contributed by atoms with Crippen LogP contribution in [0.25, 0.3) is 0 Å². The Morgan fingerprint density at radius 2 is 1.58 bits per heavy atom. The summed E-state index contributed by atoms with van der Waals surface area (Å²) in [5.41, 5.74) is 6.00. The minimum Gasteiger partial charge on any atom is -0.465 e. The van der Waals surface area contributed by atoms with E-state index < -0.39 is 5.97 Å². The van der Waals surface area contributed by atoms with E-state index in [2.05, 4.69) is 13.8 Å². The van der Waals surface area contributed by atoms with Crippen molar-refractivity contribution in [3.8, 4) is 0 Å². The van der Waals surface area contributed by atoms with Gasteiger partial charge < -0.3 is 20.3 Å². The SMILES string of the molecule is CCC.CO.NCC(=O)OCCCC(=O)OCc1ccccc1.[Y]. The fourth-order valence-electron chi connectivity index (χ4n) is 1.27. The van der Waals surface area contributed by atoms with Crippen LogP contribution in [0.2, 0.25) is 0 Å². The van der Waals surface area contributed by atoms with E-state index in [0.29, 0.717) is 6.42 Å². The van der Waals surface area contributed by atoms with E-state index in [-0.39, 0.29) is 64.9 Å². The maximum absolute atomic E-state index is 11.3. The van der Waals surface area contributed by atoms with Gasteiger partial charge in [0.2, 0.25) is 0 Å². The molecule has 0 aliphatic heterocycles. The van der Waals surface area contributed by atoms with Crippen molar-refractivity contribution in [3.05, 3.63) is 35.9 Å². The van der Waals surface area contributed by atoms with Gasteiger partial charge in [0.05, 0.1) is 13.2 Å². The van der Waals surface area contributed by atoms with Gasteiger partial charge in [0.25, 0.3) is 0 Å². The number of aliphatic hydroxyl groups excluding tert-OH is 1. The molecule has 0 saturated heterocycles. The van der Waals surface area contributed by atoms with Gasteiger partial charge in [-0.15, -0.1) is 0 Å². The number of carbonyl (C=O) groups is 2. The summed E-state index contributed by atoms with van der Waals surface area (Å²) in [7, 11) is 1.00. The van der Waals surface area contributed by atoms with Crippen molar-refractivity contribution in [3.63, 3.8) is 0 Å². The molecule has 0 aromatic heterocycles. The van der Waals surface area contributed by atoms with E-state index in [1.165, 1.54) is 6.42 Å². The van der Waals surface area contributed by atoms with Crippen molar-refractivity contribution in [1.29, 1.82) is 0 Å². The standard InChI is InChI=1S/C13H17NO4.C3H8.CH4O.Y/c14-9-13(16)17-8-4-7-12(15)18-10-11-5-2-1-3-6-11;1-3-2;1-2;/h1-3,5-6H,4,7-10,14H2;3H2,1-2H3;2H,1H3;. The first kappa shape index (κ1) is 28.0. The smallest absolute Gasteiger partial charge is 0.319 e. The van der Waals surface area contributed by atoms with Crippen LogP contribution < -0.4 is 5.73 Å². The average Bonchev–Trinajstić information content (AvgIpc) is 2.60. The molecule has 0 unspecified atom stereocenters. The Morgan fingerprint density at radius 1 is 1.04 bits per heavy atom. The molecule has 135 valence electrons. The Kier molecular flexibility index (Phi) is 25.9. The van der Waals surface area contributed by atoms with Crippen LogP contribution in [0.15, 0.2) is 30.3 Å². The second kappa shape index (κ2) is 22.2. The predicted octanol–water partition coefficient (Wildman–Crippen LogP) is 2.03. The van der Waals surface area contributed by atoms with Crippen LogP contribution >= 0.6 is 0 Å². The summed E-state index contributed by atoms with van der Waals surface area (Å²) in [6, 6.07) is 9.44. The van der Waals surface area contributed by atoms with E-state index in [1.807, 2.05) is 30.3 Å². The number of esters is 2. The summed E-state index contributed by atoms with van der Waals surface area (Å²) in [5, 5.41) is 7.00. The fourth-order valence-corrected chi connectivity index (χ4v) is 1.27. The monoisotopic (exact) mass is 416 g/mol. The Hall–Kier alpha value is -0.816. The van der Waals surface area contributed by atoms with E-state index in [9.17, 15) is 9.59 Å². The predicted molar refractivity (Wildman–Crippen MR) is 89.6 cm³/mol. The number of benzene rings is 1. The third-order valence-corrected chi connectivity index (χ3v) is 2.20. The Bertz CT molecular complexity index is 401. The minimum atomic E-state index is -0.465. The van der Waals surface area contributed by atoms with Crippen LogP contribution in [0.3, 0.4) is 0 Å². The molecule has 3 N–H and O–H groups in total. The number of rotatable bonds is 7. The maximum atomic E-state index is 11.3. The van der Waals surface area contributed by atoms with Crippen molar-refractivity contribution in [2.24, 2.45) is 5.73 Å². The number of hydrogen-bond acceptors (Lipinski definition) is 6. The Morgan fingerprint density at radius 3 is 2.08 bits per heavy atom. The maximum Gasteiger partial charge on any atom is 0.319 e. The van der Waals surface area contributed by atoms with Crippen molar-refractivity contribution >= 4 is 11.9 Å². The van der Waals surface area contributed by atoms with Gasteiger partial charge in [-0.2, -0.15) is 0 Å². The molecule has 0 spiro atoms. The largest absolute Gasteiger partial charge is 0.465 e. The third kappa shape index (κ3) is 19.2. The molecule has 24 heavy (non-hydrogen) atoms. The molecule has 1 aromatic carbocycles. The zero-order valence-electron chi connectivity index (χ0n) is 14.9. The van der Waals surface area contributed by atoms with Gasteiger partial charge in [-0.3, -0.25) is 9.59 Å². The van der Waals surface area contributed by atoms with Gasteiger partial charge in [-0.25, -0.2) is 0 Å². The first-order valence-corrected chi connectivity index (χ1v) is 7.63. The van der Waals surface area contributed by atoms with Crippen LogP contribution in [-0.4, -0.2) is 37.3 Å². The summed E-state index contributed by atoms with van der Waals surface area (Å²) in [6.45, 7) is 4.57. The van der Waals surface area contributed by atoms with Gasteiger partial charge in [-0.05, 0) is 12.0 Å². The summed E-state index contributed by atoms with van der Waals surface area (Å²) in [6.07, 6.45) is 1.92. The van der Waals surface area contributed by atoms with Gasteiger partial charge in [0, 0.05) is 46.2 Å². The molecule has 0 aliphatic rings. The zero-order chi connectivity index (χ0) is 17.9. The molecule has 0 aliphatic carbocycles. The minimum absolute atomic E-state index is 0. The van der Waals surface area contributed by atoms with Gasteiger partial charge >= 0.3 is 11.9 Å². The van der Waals surface area contributed by atoms with E-state index in [1.54, 1.807) is 0 Å². The van der Waals surface area contributed by atoms with Crippen LogP contribution in [0.4, 0.5) is 0 Å². The normalized spacial score (nSPS) is 8.38. The van der Waals surface area contributed by atoms with E-state index >= 15 is 0 Å². The number of aliphatic hydroxyl groups is 1. The second-order valence-electron chi connectivity index (χ2n) is 4.38. The number of carbonyl (C=O) groups excluding carboxylic acids is 2. The van der Waals surface area contributed by atoms with Crippen LogP contribution in [0.1, 0.15) is 38.7 Å². The molecule has 6 nitrogen and oxygen atoms in total. The van der Waals surface area contributed by atoms with Crippen LogP contribution in [0.5, 0.6) is 0 Å². The molecule has 7 heteroatoms. The second-order valence-corrected chi connectivity index (χ2v) is 4.38. The molecule has 1 aromatic rings. The molecule has 0 heterocycles. The summed E-state index contributed by atoms with van der Waals surface area (Å²) < 4.78 is 9.79. The fraction of sp³-hybridized carbons (Fsp3) is 0.529. The molecule has 0 saturated carbocycles. The van der Waals surface area contributed by atoms with Gasteiger partial charge in [-0.1, -0.05) is 50.6 Å². The molecule has 0 fully saturated rings. The summed E-state index contributed by atoms with van der Waals surface area (Å²) in [4.78, 5) is 22.0. The van der Waals surface area contributed by atoms with Crippen molar-refractivity contribution < 1.29 is 56.9 Å². The van der Waals surface area contributed by atoms with E-state index in [0.717, 1.165) is 12.7 Å². The van der Waals surface area contributed by atoms with Crippen molar-refractivity contribution in [2.75, 3.05) is 20.3 Å². The number of nitrogens with two attached hydrogens (primary N) is 1. The van der Waals surface area contributed by atoms with Crippen LogP contribution in [0, 0.1) is 0 Å². The van der Waals surface area contributed by atoms with Gasteiger partial charge in [0.1, 0.15) is 6.61 Å². The summed E-state index contributed by atoms with van der Waals surface area (Å²) in [5.74, 6) is -0.768. The first-order valence-electron chi connectivity index (χ1n) is 7.63. The molecule has 0 atom stereocenters. The molecule has 1 rings (SSSR count). The molecular formula is C17H29NO5Y. The summed E-state index contributed by atoms with van der Waals surface area (Å²) >= 11 is 0. The number of hydrogen-bond donors (Lipinski definition) is 2. The van der Waals surface area contributed by atoms with Gasteiger partial charge in [0.15, 0.2) is 0 Å². The molecule has 1 radical (unpaired) electrons. The molecule has 0 bridgehead atoms. The topological polar surface area (TPSA) is 98.9 Å². The number of ether oxygens (including phenoxy) is 2. The Balaban J connectivity index is -0.000000660.